The topological polar surface area (TPSA) is 60.8 Å². The van der Waals surface area contributed by atoms with Crippen molar-refractivity contribution in [1.82, 2.24) is 19.9 Å². The average molecular weight is 357 g/mol. The minimum atomic E-state index is -0.312. The summed E-state index contributed by atoms with van der Waals surface area (Å²) in [6.07, 6.45) is 7.65. The number of hydrogen-bond donors (Lipinski definition) is 0. The zero-order chi connectivity index (χ0) is 17.4. The zero-order valence-corrected chi connectivity index (χ0v) is 14.1. The number of ether oxygens (including phenoxy) is 1. The largest absolute Gasteiger partial charge is 0.495 e. The van der Waals surface area contributed by atoms with Crippen LogP contribution in [0.2, 0.25) is 5.02 Å². The highest BCUT2D eigenvalue weighted by molar-refractivity contribution is 6.32. The molecule has 126 valence electrons. The molecule has 0 aliphatic heterocycles. The summed E-state index contributed by atoms with van der Waals surface area (Å²) >= 11 is 5.96. The van der Waals surface area contributed by atoms with Crippen LogP contribution in [0.15, 0.2) is 43.0 Å². The van der Waals surface area contributed by atoms with Crippen LogP contribution in [0.4, 0.5) is 4.39 Å². The van der Waals surface area contributed by atoms with E-state index in [1.165, 1.54) is 13.2 Å². The molecule has 0 saturated heterocycles. The molecule has 1 fully saturated rings. The van der Waals surface area contributed by atoms with E-state index in [1.807, 2.05) is 0 Å². The smallest absolute Gasteiger partial charge is 0.197 e. The number of benzene rings is 1. The fourth-order valence-corrected chi connectivity index (χ4v) is 3.18. The van der Waals surface area contributed by atoms with E-state index in [0.29, 0.717) is 23.0 Å². The molecule has 1 aliphatic rings. The standard InChI is InChI=1S/C18H14ClFN4O/c1-25-16-6-13(15(20)7-14(16)19)12-5-11(12)10-8-23-18(24-9-10)17-21-3-2-4-22-17/h2-4,6-9,11-12H,5H2,1H3/t11-,12+/m0/s1. The van der Waals surface area contributed by atoms with Gasteiger partial charge in [-0.2, -0.15) is 0 Å². The van der Waals surface area contributed by atoms with E-state index in [0.717, 1.165) is 12.0 Å². The molecule has 2 aromatic heterocycles. The molecule has 0 bridgehead atoms. The molecule has 5 nitrogen and oxygen atoms in total. The number of methoxy groups -OCH3 is 1. The van der Waals surface area contributed by atoms with Gasteiger partial charge in [-0.15, -0.1) is 0 Å². The maximum Gasteiger partial charge on any atom is 0.197 e. The quantitative estimate of drug-likeness (QED) is 0.707. The molecule has 0 amide bonds. The van der Waals surface area contributed by atoms with Crippen molar-refractivity contribution in [3.8, 4) is 17.4 Å². The Kier molecular flexibility index (Phi) is 4.05. The maximum absolute atomic E-state index is 14.2. The van der Waals surface area contributed by atoms with Crippen LogP contribution in [-0.4, -0.2) is 27.0 Å². The van der Waals surface area contributed by atoms with Crippen LogP contribution in [0.1, 0.15) is 29.4 Å². The van der Waals surface area contributed by atoms with Crippen LogP contribution in [0.5, 0.6) is 5.75 Å². The molecule has 4 rings (SSSR count). The highest BCUT2D eigenvalue weighted by Gasteiger charge is 2.42. The zero-order valence-electron chi connectivity index (χ0n) is 13.4. The SMILES string of the molecule is COc1cc([C@@H]2C[C@H]2c2cnc(-c3ncccn3)nc2)c(F)cc1Cl. The highest BCUT2D eigenvalue weighted by Crippen LogP contribution is 2.55. The van der Waals surface area contributed by atoms with Crippen molar-refractivity contribution in [1.29, 1.82) is 0 Å². The molecule has 0 N–H and O–H groups in total. The monoisotopic (exact) mass is 356 g/mol. The second-order valence-electron chi connectivity index (χ2n) is 5.87. The number of halogens is 2. The van der Waals surface area contributed by atoms with Crippen LogP contribution in [0, 0.1) is 5.82 Å². The third kappa shape index (κ3) is 3.05. The summed E-state index contributed by atoms with van der Waals surface area (Å²) < 4.78 is 19.4. The minimum Gasteiger partial charge on any atom is -0.495 e. The Balaban J connectivity index is 1.56. The number of rotatable bonds is 4. The van der Waals surface area contributed by atoms with Crippen molar-refractivity contribution < 1.29 is 9.13 Å². The first-order chi connectivity index (χ1) is 12.2. The van der Waals surface area contributed by atoms with Gasteiger partial charge in [0.05, 0.1) is 12.1 Å². The van der Waals surface area contributed by atoms with E-state index in [-0.39, 0.29) is 22.7 Å². The van der Waals surface area contributed by atoms with Crippen molar-refractivity contribution in [2.24, 2.45) is 0 Å². The Hall–Kier alpha value is -2.60. The Morgan fingerprint density at radius 2 is 1.72 bits per heavy atom. The molecule has 0 spiro atoms. The summed E-state index contributed by atoms with van der Waals surface area (Å²) in [6, 6.07) is 4.72. The maximum atomic E-state index is 14.2. The first-order valence-corrected chi connectivity index (χ1v) is 8.17. The first-order valence-electron chi connectivity index (χ1n) is 7.79. The van der Waals surface area contributed by atoms with E-state index >= 15 is 0 Å². The van der Waals surface area contributed by atoms with Gasteiger partial charge in [-0.05, 0) is 47.6 Å². The van der Waals surface area contributed by atoms with E-state index in [1.54, 1.807) is 36.9 Å². The number of aromatic nitrogens is 4. The Morgan fingerprint density at radius 3 is 2.40 bits per heavy atom. The van der Waals surface area contributed by atoms with Crippen molar-refractivity contribution in [3.63, 3.8) is 0 Å². The third-order valence-corrected chi connectivity index (χ3v) is 4.62. The summed E-state index contributed by atoms with van der Waals surface area (Å²) in [7, 11) is 1.52. The Bertz CT molecular complexity index is 905. The Labute approximate surface area is 148 Å². The van der Waals surface area contributed by atoms with Crippen molar-refractivity contribution in [2.45, 2.75) is 18.3 Å². The van der Waals surface area contributed by atoms with Gasteiger partial charge in [0.15, 0.2) is 11.6 Å². The number of hydrogen-bond acceptors (Lipinski definition) is 5. The fraction of sp³-hybridized carbons (Fsp3) is 0.222. The molecule has 1 aromatic carbocycles. The molecule has 2 heterocycles. The molecule has 2 atom stereocenters. The van der Waals surface area contributed by atoms with Crippen LogP contribution >= 0.6 is 11.6 Å². The van der Waals surface area contributed by atoms with Crippen LogP contribution in [0.3, 0.4) is 0 Å². The summed E-state index contributed by atoms with van der Waals surface area (Å²) in [6.45, 7) is 0. The van der Waals surface area contributed by atoms with E-state index < -0.39 is 0 Å². The van der Waals surface area contributed by atoms with Gasteiger partial charge in [-0.1, -0.05) is 11.6 Å². The lowest BCUT2D eigenvalue weighted by Crippen LogP contribution is -1.96. The van der Waals surface area contributed by atoms with Gasteiger partial charge in [-0.3, -0.25) is 0 Å². The lowest BCUT2D eigenvalue weighted by Gasteiger charge is -2.08. The predicted octanol–water partition coefficient (Wildman–Crippen LogP) is 4.01. The van der Waals surface area contributed by atoms with Crippen LogP contribution in [-0.2, 0) is 0 Å². The second-order valence-corrected chi connectivity index (χ2v) is 6.28. The van der Waals surface area contributed by atoms with Gasteiger partial charge in [0, 0.05) is 24.8 Å². The summed E-state index contributed by atoms with van der Waals surface area (Å²) in [4.78, 5) is 16.9. The third-order valence-electron chi connectivity index (χ3n) is 4.33. The van der Waals surface area contributed by atoms with Gasteiger partial charge in [-0.25, -0.2) is 24.3 Å². The van der Waals surface area contributed by atoms with E-state index in [4.69, 9.17) is 16.3 Å². The molecule has 7 heteroatoms. The van der Waals surface area contributed by atoms with Gasteiger partial charge in [0.1, 0.15) is 11.6 Å². The average Bonchev–Trinajstić information content (AvgIpc) is 3.43. The molecule has 25 heavy (non-hydrogen) atoms. The summed E-state index contributed by atoms with van der Waals surface area (Å²) in [5, 5.41) is 0.275. The van der Waals surface area contributed by atoms with Crippen molar-refractivity contribution in [3.05, 3.63) is 65.0 Å². The molecule has 1 aliphatic carbocycles. The molecular formula is C18H14ClFN4O. The minimum absolute atomic E-state index is 0.0774. The van der Waals surface area contributed by atoms with Gasteiger partial charge < -0.3 is 4.74 Å². The van der Waals surface area contributed by atoms with E-state index in [9.17, 15) is 4.39 Å². The lowest BCUT2D eigenvalue weighted by molar-refractivity contribution is 0.413. The molecule has 0 radical (unpaired) electrons. The Morgan fingerprint density at radius 1 is 1.04 bits per heavy atom. The highest BCUT2D eigenvalue weighted by atomic mass is 35.5. The molecule has 1 saturated carbocycles. The first kappa shape index (κ1) is 15.9. The number of nitrogens with zero attached hydrogens (tertiary/aromatic N) is 4. The summed E-state index contributed by atoms with van der Waals surface area (Å²) in [5.41, 5.74) is 1.58. The van der Waals surface area contributed by atoms with Crippen LogP contribution < -0.4 is 4.74 Å². The second kappa shape index (κ2) is 6.37. The molecular weight excluding hydrogens is 343 g/mol. The van der Waals surface area contributed by atoms with Crippen molar-refractivity contribution in [2.75, 3.05) is 7.11 Å². The normalized spacial score (nSPS) is 18.8. The van der Waals surface area contributed by atoms with E-state index in [2.05, 4.69) is 19.9 Å². The summed E-state index contributed by atoms with van der Waals surface area (Å²) in [5.74, 6) is 1.39. The van der Waals surface area contributed by atoms with Crippen molar-refractivity contribution >= 4 is 11.6 Å². The fourth-order valence-electron chi connectivity index (χ4n) is 2.95. The van der Waals surface area contributed by atoms with Crippen LogP contribution in [0.25, 0.3) is 11.6 Å². The lowest BCUT2D eigenvalue weighted by atomic mass is 10.1. The van der Waals surface area contributed by atoms with Gasteiger partial charge >= 0.3 is 0 Å². The molecule has 0 unspecified atom stereocenters. The van der Waals surface area contributed by atoms with Gasteiger partial charge in [0.25, 0.3) is 0 Å². The predicted molar refractivity (Wildman–Crippen MR) is 91.1 cm³/mol. The molecule has 3 aromatic rings. The van der Waals surface area contributed by atoms with Gasteiger partial charge in [0.2, 0.25) is 0 Å².